The number of ether oxygens (including phenoxy) is 1. The van der Waals surface area contributed by atoms with Crippen LogP contribution in [0.15, 0.2) is 77.7 Å². The van der Waals surface area contributed by atoms with E-state index in [-0.39, 0.29) is 16.4 Å². The zero-order valence-electron chi connectivity index (χ0n) is 15.0. The van der Waals surface area contributed by atoms with E-state index in [4.69, 9.17) is 4.74 Å². The second-order valence-corrected chi connectivity index (χ2v) is 7.71. The monoisotopic (exact) mass is 381 g/mol. The largest absolute Gasteiger partial charge is 0.497 e. The van der Waals surface area contributed by atoms with E-state index >= 15 is 0 Å². The molecule has 0 aliphatic heterocycles. The molecule has 1 N–H and O–H groups in total. The van der Waals surface area contributed by atoms with Crippen molar-refractivity contribution in [1.82, 2.24) is 0 Å². The van der Waals surface area contributed by atoms with Gasteiger partial charge in [0.05, 0.1) is 17.7 Å². The third-order valence-electron chi connectivity index (χ3n) is 4.07. The quantitative estimate of drug-likeness (QED) is 0.654. The molecule has 3 aromatic carbocycles. The molecule has 0 aromatic heterocycles. The van der Waals surface area contributed by atoms with Crippen LogP contribution in [0.25, 0.3) is 0 Å². The summed E-state index contributed by atoms with van der Waals surface area (Å²) in [6.45, 7) is 1.85. The van der Waals surface area contributed by atoms with Crippen LogP contribution >= 0.6 is 0 Å². The number of carbonyl (C=O) groups excluding carboxylic acids is 1. The second-order valence-electron chi connectivity index (χ2n) is 6.03. The lowest BCUT2D eigenvalue weighted by atomic mass is 10.00. The van der Waals surface area contributed by atoms with Crippen LogP contribution in [-0.4, -0.2) is 21.3 Å². The SMILES string of the molecule is COc1ccc(S(=O)(=O)Nc2ccc(C)cc2C(=O)c2ccccc2)cc1. The van der Waals surface area contributed by atoms with Gasteiger partial charge in [0.1, 0.15) is 5.75 Å². The van der Waals surface area contributed by atoms with Gasteiger partial charge >= 0.3 is 0 Å². The van der Waals surface area contributed by atoms with E-state index in [1.54, 1.807) is 54.6 Å². The minimum absolute atomic E-state index is 0.0852. The van der Waals surface area contributed by atoms with Crippen LogP contribution in [0, 0.1) is 6.92 Å². The van der Waals surface area contributed by atoms with Crippen molar-refractivity contribution in [1.29, 1.82) is 0 Å². The van der Waals surface area contributed by atoms with Crippen molar-refractivity contribution >= 4 is 21.5 Å². The Morgan fingerprint density at radius 2 is 1.59 bits per heavy atom. The van der Waals surface area contributed by atoms with Gasteiger partial charge in [-0.25, -0.2) is 8.42 Å². The van der Waals surface area contributed by atoms with E-state index < -0.39 is 10.0 Å². The van der Waals surface area contributed by atoms with Gasteiger partial charge in [0.2, 0.25) is 0 Å². The topological polar surface area (TPSA) is 72.5 Å². The van der Waals surface area contributed by atoms with E-state index in [0.717, 1.165) is 5.56 Å². The van der Waals surface area contributed by atoms with Crippen LogP contribution in [-0.2, 0) is 10.0 Å². The molecule has 0 saturated heterocycles. The van der Waals surface area contributed by atoms with E-state index in [9.17, 15) is 13.2 Å². The summed E-state index contributed by atoms with van der Waals surface area (Å²) in [5, 5.41) is 0. The zero-order chi connectivity index (χ0) is 19.4. The number of rotatable bonds is 6. The fourth-order valence-corrected chi connectivity index (χ4v) is 3.72. The summed E-state index contributed by atoms with van der Waals surface area (Å²) in [6, 6.07) is 19.8. The van der Waals surface area contributed by atoms with Gasteiger partial charge < -0.3 is 4.74 Å². The Balaban J connectivity index is 1.98. The molecule has 0 heterocycles. The number of anilines is 1. The van der Waals surface area contributed by atoms with Gasteiger partial charge in [0.15, 0.2) is 5.78 Å². The Bertz CT molecular complexity index is 1060. The lowest BCUT2D eigenvalue weighted by Crippen LogP contribution is -2.16. The molecule has 0 unspecified atom stereocenters. The van der Waals surface area contributed by atoms with E-state index in [1.165, 1.54) is 19.2 Å². The molecule has 0 bridgehead atoms. The van der Waals surface area contributed by atoms with Crippen molar-refractivity contribution in [2.75, 3.05) is 11.8 Å². The van der Waals surface area contributed by atoms with Crippen LogP contribution in [0.3, 0.4) is 0 Å². The Kier molecular flexibility index (Phi) is 5.28. The number of hydrogen-bond acceptors (Lipinski definition) is 4. The zero-order valence-corrected chi connectivity index (χ0v) is 15.8. The minimum atomic E-state index is -3.85. The van der Waals surface area contributed by atoms with Gasteiger partial charge in [-0.15, -0.1) is 0 Å². The third kappa shape index (κ3) is 4.17. The molecular weight excluding hydrogens is 362 g/mol. The minimum Gasteiger partial charge on any atom is -0.497 e. The van der Waals surface area contributed by atoms with Crippen molar-refractivity contribution in [3.63, 3.8) is 0 Å². The summed E-state index contributed by atoms with van der Waals surface area (Å²) in [4.78, 5) is 13.0. The maximum absolute atomic E-state index is 12.9. The van der Waals surface area contributed by atoms with Crippen molar-refractivity contribution < 1.29 is 17.9 Å². The van der Waals surface area contributed by atoms with E-state index in [0.29, 0.717) is 16.9 Å². The normalized spacial score (nSPS) is 11.0. The van der Waals surface area contributed by atoms with Gasteiger partial charge in [-0.05, 0) is 43.3 Å². The van der Waals surface area contributed by atoms with Gasteiger partial charge in [0.25, 0.3) is 10.0 Å². The van der Waals surface area contributed by atoms with Gasteiger partial charge in [0, 0.05) is 11.1 Å². The molecule has 0 aliphatic carbocycles. The standard InChI is InChI=1S/C21H19NO4S/c1-15-8-13-20(19(14-15)21(23)16-6-4-3-5-7-16)22-27(24,25)18-11-9-17(26-2)10-12-18/h3-14,22H,1-2H3. The number of sulfonamides is 1. The van der Waals surface area contributed by atoms with Gasteiger partial charge in [-0.3, -0.25) is 9.52 Å². The summed E-state index contributed by atoms with van der Waals surface area (Å²) >= 11 is 0. The number of benzene rings is 3. The molecule has 5 nitrogen and oxygen atoms in total. The second kappa shape index (κ2) is 7.63. The molecular formula is C21H19NO4S. The maximum Gasteiger partial charge on any atom is 0.261 e. The molecule has 0 amide bonds. The molecule has 0 atom stereocenters. The number of ketones is 1. The highest BCUT2D eigenvalue weighted by molar-refractivity contribution is 7.92. The van der Waals surface area contributed by atoms with Crippen molar-refractivity contribution in [3.05, 3.63) is 89.5 Å². The van der Waals surface area contributed by atoms with Crippen LogP contribution in [0.2, 0.25) is 0 Å². The highest BCUT2D eigenvalue weighted by Gasteiger charge is 2.20. The number of aryl methyl sites for hydroxylation is 1. The molecule has 3 rings (SSSR count). The Hall–Kier alpha value is -3.12. The fraction of sp³-hybridized carbons (Fsp3) is 0.0952. The van der Waals surface area contributed by atoms with Crippen LogP contribution in [0.5, 0.6) is 5.75 Å². The highest BCUT2D eigenvalue weighted by atomic mass is 32.2. The molecule has 6 heteroatoms. The van der Waals surface area contributed by atoms with Crippen LogP contribution < -0.4 is 9.46 Å². The number of nitrogens with one attached hydrogen (secondary N) is 1. The lowest BCUT2D eigenvalue weighted by Gasteiger charge is -2.13. The first-order chi connectivity index (χ1) is 12.9. The molecule has 3 aromatic rings. The summed E-state index contributed by atoms with van der Waals surface area (Å²) in [5.41, 5.74) is 1.90. The Labute approximate surface area is 158 Å². The average molecular weight is 381 g/mol. The first-order valence-corrected chi connectivity index (χ1v) is 9.76. The molecule has 0 radical (unpaired) electrons. The molecule has 0 fully saturated rings. The highest BCUT2D eigenvalue weighted by Crippen LogP contribution is 2.25. The molecule has 0 aliphatic rings. The van der Waals surface area contributed by atoms with Crippen molar-refractivity contribution in [2.45, 2.75) is 11.8 Å². The first kappa shape index (κ1) is 18.7. The smallest absolute Gasteiger partial charge is 0.261 e. The third-order valence-corrected chi connectivity index (χ3v) is 5.45. The summed E-state index contributed by atoms with van der Waals surface area (Å²) in [6.07, 6.45) is 0. The van der Waals surface area contributed by atoms with Crippen LogP contribution in [0.1, 0.15) is 21.5 Å². The molecule has 27 heavy (non-hydrogen) atoms. The predicted octanol–water partition coefficient (Wildman–Crippen LogP) is 4.04. The van der Waals surface area contributed by atoms with E-state index in [1.807, 2.05) is 13.0 Å². The number of methoxy groups -OCH3 is 1. The summed E-state index contributed by atoms with van der Waals surface area (Å²) in [5.74, 6) is 0.316. The van der Waals surface area contributed by atoms with Gasteiger partial charge in [-0.1, -0.05) is 42.0 Å². The number of carbonyl (C=O) groups is 1. The summed E-state index contributed by atoms with van der Waals surface area (Å²) in [7, 11) is -2.34. The maximum atomic E-state index is 12.9. The average Bonchev–Trinajstić information content (AvgIpc) is 2.69. The lowest BCUT2D eigenvalue weighted by molar-refractivity contribution is 0.103. The predicted molar refractivity (Wildman–Crippen MR) is 105 cm³/mol. The van der Waals surface area contributed by atoms with Crippen molar-refractivity contribution in [3.8, 4) is 5.75 Å². The van der Waals surface area contributed by atoms with Crippen LogP contribution in [0.4, 0.5) is 5.69 Å². The summed E-state index contributed by atoms with van der Waals surface area (Å²) < 4.78 is 33.1. The van der Waals surface area contributed by atoms with Gasteiger partial charge in [-0.2, -0.15) is 0 Å². The van der Waals surface area contributed by atoms with Crippen molar-refractivity contribution in [2.24, 2.45) is 0 Å². The Morgan fingerprint density at radius 3 is 2.22 bits per heavy atom. The molecule has 0 saturated carbocycles. The molecule has 138 valence electrons. The first-order valence-electron chi connectivity index (χ1n) is 8.28. The number of hydrogen-bond donors (Lipinski definition) is 1. The molecule has 0 spiro atoms. The Morgan fingerprint density at radius 1 is 0.926 bits per heavy atom. The fourth-order valence-electron chi connectivity index (χ4n) is 2.64. The van der Waals surface area contributed by atoms with E-state index in [2.05, 4.69) is 4.72 Å².